The molecule has 18 heavy (non-hydrogen) atoms. The first kappa shape index (κ1) is 11.3. The highest BCUT2D eigenvalue weighted by molar-refractivity contribution is 5.96. The van der Waals surface area contributed by atoms with E-state index < -0.39 is 0 Å². The fourth-order valence-electron chi connectivity index (χ4n) is 2.86. The van der Waals surface area contributed by atoms with E-state index in [1.165, 1.54) is 19.3 Å². The normalized spacial score (nSPS) is 23.4. The summed E-state index contributed by atoms with van der Waals surface area (Å²) in [6.45, 7) is 2.31. The number of fused-ring (bicyclic) bond motifs is 1. The summed E-state index contributed by atoms with van der Waals surface area (Å²) < 4.78 is 0. The average molecular weight is 241 g/mol. The van der Waals surface area contributed by atoms with Crippen LogP contribution in [-0.4, -0.2) is 11.0 Å². The highest BCUT2D eigenvalue weighted by Gasteiger charge is 2.21. The van der Waals surface area contributed by atoms with Gasteiger partial charge in [-0.2, -0.15) is 0 Å². The summed E-state index contributed by atoms with van der Waals surface area (Å²) in [7, 11) is 0. The smallest absolute Gasteiger partial charge is 0.0724 e. The highest BCUT2D eigenvalue weighted by Crippen LogP contribution is 2.32. The molecule has 0 amide bonds. The van der Waals surface area contributed by atoms with Crippen molar-refractivity contribution >= 4 is 22.3 Å². The summed E-state index contributed by atoms with van der Waals surface area (Å²) in [4.78, 5) is 4.32. The second-order valence-electron chi connectivity index (χ2n) is 5.36. The fourth-order valence-corrected chi connectivity index (χ4v) is 2.86. The first-order chi connectivity index (χ1) is 8.74. The lowest BCUT2D eigenvalue weighted by molar-refractivity contribution is 0.603. The zero-order valence-corrected chi connectivity index (χ0v) is 10.7. The van der Waals surface area contributed by atoms with Gasteiger partial charge in [-0.1, -0.05) is 6.92 Å². The van der Waals surface area contributed by atoms with Crippen molar-refractivity contribution in [3.05, 3.63) is 30.5 Å². The number of hydrogen-bond acceptors (Lipinski definition) is 3. The van der Waals surface area contributed by atoms with E-state index >= 15 is 0 Å². The first-order valence-electron chi connectivity index (χ1n) is 6.64. The Hall–Kier alpha value is -1.77. The molecular weight excluding hydrogens is 222 g/mol. The van der Waals surface area contributed by atoms with Crippen molar-refractivity contribution in [1.82, 2.24) is 4.98 Å². The molecule has 0 spiro atoms. The van der Waals surface area contributed by atoms with E-state index in [0.717, 1.165) is 28.2 Å². The largest absolute Gasteiger partial charge is 0.397 e. The Morgan fingerprint density at radius 2 is 2.17 bits per heavy atom. The van der Waals surface area contributed by atoms with Crippen LogP contribution in [0.5, 0.6) is 0 Å². The molecule has 3 nitrogen and oxygen atoms in total. The molecule has 2 atom stereocenters. The van der Waals surface area contributed by atoms with Crippen molar-refractivity contribution < 1.29 is 0 Å². The zero-order chi connectivity index (χ0) is 12.5. The maximum atomic E-state index is 6.23. The van der Waals surface area contributed by atoms with E-state index in [1.807, 2.05) is 24.3 Å². The standard InChI is InChI=1S/C15H19N3/c1-10-4-5-11(9-10)18-14-7-6-13-12(15(14)16)3-2-8-17-13/h2-3,6-8,10-11,18H,4-5,9,16H2,1H3. The van der Waals surface area contributed by atoms with Gasteiger partial charge in [0.2, 0.25) is 0 Å². The Labute approximate surface area is 107 Å². The molecule has 1 aliphatic rings. The molecule has 0 radical (unpaired) electrons. The molecule has 1 aromatic heterocycles. The van der Waals surface area contributed by atoms with Crippen LogP contribution < -0.4 is 11.1 Å². The van der Waals surface area contributed by atoms with E-state index in [4.69, 9.17) is 5.73 Å². The lowest BCUT2D eigenvalue weighted by atomic mass is 10.1. The maximum Gasteiger partial charge on any atom is 0.0724 e. The Morgan fingerprint density at radius 3 is 2.94 bits per heavy atom. The molecule has 0 saturated heterocycles. The van der Waals surface area contributed by atoms with Gasteiger partial charge < -0.3 is 11.1 Å². The third-order valence-electron chi connectivity index (χ3n) is 3.88. The fraction of sp³-hybridized carbons (Fsp3) is 0.400. The molecule has 1 aliphatic carbocycles. The van der Waals surface area contributed by atoms with Crippen LogP contribution in [0.25, 0.3) is 10.9 Å². The Bertz CT molecular complexity index is 565. The predicted octanol–water partition coefficient (Wildman–Crippen LogP) is 3.42. The average Bonchev–Trinajstić information content (AvgIpc) is 2.79. The summed E-state index contributed by atoms with van der Waals surface area (Å²) in [5, 5.41) is 4.61. The van der Waals surface area contributed by atoms with E-state index in [1.54, 1.807) is 6.20 Å². The number of nitrogens with one attached hydrogen (secondary N) is 1. The minimum atomic E-state index is 0.566. The molecule has 0 aliphatic heterocycles. The first-order valence-corrected chi connectivity index (χ1v) is 6.64. The molecule has 3 rings (SSSR count). The molecule has 2 unspecified atom stereocenters. The molecule has 3 N–H and O–H groups in total. The van der Waals surface area contributed by atoms with Gasteiger partial charge in [-0.05, 0) is 49.4 Å². The van der Waals surface area contributed by atoms with Gasteiger partial charge >= 0.3 is 0 Å². The van der Waals surface area contributed by atoms with Crippen LogP contribution in [0.15, 0.2) is 30.5 Å². The second-order valence-corrected chi connectivity index (χ2v) is 5.36. The van der Waals surface area contributed by atoms with Crippen LogP contribution in [0.3, 0.4) is 0 Å². The van der Waals surface area contributed by atoms with Crippen LogP contribution in [0.4, 0.5) is 11.4 Å². The van der Waals surface area contributed by atoms with Crippen LogP contribution >= 0.6 is 0 Å². The molecular formula is C15H19N3. The quantitative estimate of drug-likeness (QED) is 0.792. The summed E-state index contributed by atoms with van der Waals surface area (Å²) in [6.07, 6.45) is 5.59. The van der Waals surface area contributed by atoms with Gasteiger partial charge in [0.15, 0.2) is 0 Å². The van der Waals surface area contributed by atoms with E-state index in [-0.39, 0.29) is 0 Å². The minimum Gasteiger partial charge on any atom is -0.397 e. The van der Waals surface area contributed by atoms with E-state index in [0.29, 0.717) is 6.04 Å². The van der Waals surface area contributed by atoms with Gasteiger partial charge in [0.25, 0.3) is 0 Å². The number of hydrogen-bond donors (Lipinski definition) is 2. The van der Waals surface area contributed by atoms with Crippen molar-refractivity contribution in [3.63, 3.8) is 0 Å². The van der Waals surface area contributed by atoms with Crippen molar-refractivity contribution in [3.8, 4) is 0 Å². The SMILES string of the molecule is CC1CCC(Nc2ccc3ncccc3c2N)C1. The number of aromatic nitrogens is 1. The third-order valence-corrected chi connectivity index (χ3v) is 3.88. The molecule has 2 aromatic rings. The Morgan fingerprint density at radius 1 is 1.28 bits per heavy atom. The molecule has 1 aromatic carbocycles. The van der Waals surface area contributed by atoms with Gasteiger partial charge in [0.1, 0.15) is 0 Å². The van der Waals surface area contributed by atoms with Gasteiger partial charge in [0, 0.05) is 17.6 Å². The van der Waals surface area contributed by atoms with E-state index in [2.05, 4.69) is 17.2 Å². The van der Waals surface area contributed by atoms with Crippen LogP contribution in [0, 0.1) is 5.92 Å². The Balaban J connectivity index is 1.90. The predicted molar refractivity (Wildman–Crippen MR) is 76.6 cm³/mol. The number of rotatable bonds is 2. The zero-order valence-electron chi connectivity index (χ0n) is 10.7. The lowest BCUT2D eigenvalue weighted by Crippen LogP contribution is -2.16. The summed E-state index contributed by atoms with van der Waals surface area (Å²) in [5.41, 5.74) is 9.06. The van der Waals surface area contributed by atoms with Gasteiger partial charge in [-0.3, -0.25) is 4.98 Å². The second kappa shape index (κ2) is 4.48. The topological polar surface area (TPSA) is 50.9 Å². The molecule has 1 fully saturated rings. The molecule has 3 heteroatoms. The minimum absolute atomic E-state index is 0.566. The third kappa shape index (κ3) is 2.01. The lowest BCUT2D eigenvalue weighted by Gasteiger charge is -2.16. The number of nitrogens with zero attached hydrogens (tertiary/aromatic N) is 1. The Kier molecular flexibility index (Phi) is 2.82. The van der Waals surface area contributed by atoms with Crippen molar-refractivity contribution in [2.75, 3.05) is 11.1 Å². The number of pyridine rings is 1. The molecule has 0 bridgehead atoms. The maximum absolute atomic E-state index is 6.23. The summed E-state index contributed by atoms with van der Waals surface area (Å²) in [6, 6.07) is 8.61. The van der Waals surface area contributed by atoms with Crippen molar-refractivity contribution in [1.29, 1.82) is 0 Å². The molecule has 1 saturated carbocycles. The highest BCUT2D eigenvalue weighted by atomic mass is 14.9. The van der Waals surface area contributed by atoms with Crippen molar-refractivity contribution in [2.24, 2.45) is 5.92 Å². The van der Waals surface area contributed by atoms with Gasteiger partial charge in [-0.25, -0.2) is 0 Å². The monoisotopic (exact) mass is 241 g/mol. The van der Waals surface area contributed by atoms with Gasteiger partial charge in [0.05, 0.1) is 16.9 Å². The summed E-state index contributed by atoms with van der Waals surface area (Å²) >= 11 is 0. The number of benzene rings is 1. The molecule has 94 valence electrons. The summed E-state index contributed by atoms with van der Waals surface area (Å²) in [5.74, 6) is 0.825. The van der Waals surface area contributed by atoms with Crippen molar-refractivity contribution in [2.45, 2.75) is 32.2 Å². The number of nitrogens with two attached hydrogens (primary N) is 1. The van der Waals surface area contributed by atoms with Crippen LogP contribution in [0.1, 0.15) is 26.2 Å². The van der Waals surface area contributed by atoms with E-state index in [9.17, 15) is 0 Å². The number of anilines is 2. The van der Waals surface area contributed by atoms with Gasteiger partial charge in [-0.15, -0.1) is 0 Å². The van der Waals surface area contributed by atoms with Crippen LogP contribution in [-0.2, 0) is 0 Å². The number of nitrogen functional groups attached to an aromatic ring is 1. The van der Waals surface area contributed by atoms with Crippen LogP contribution in [0.2, 0.25) is 0 Å². The molecule has 1 heterocycles.